The Hall–Kier alpha value is -1.73. The number of hydrogen-bond acceptors (Lipinski definition) is 6. The summed E-state index contributed by atoms with van der Waals surface area (Å²) in [5, 5.41) is 11.4. The molecule has 1 atom stereocenters. The first kappa shape index (κ1) is 21.3. The van der Waals surface area contributed by atoms with Gasteiger partial charge in [0, 0.05) is 12.4 Å². The fourth-order valence-corrected chi connectivity index (χ4v) is 2.77. The second-order valence-electron chi connectivity index (χ2n) is 6.44. The van der Waals surface area contributed by atoms with Crippen LogP contribution in [0, 0.1) is 0 Å². The molecule has 2 N–H and O–H groups in total. The second kappa shape index (κ2) is 11.0. The lowest BCUT2D eigenvalue weighted by Gasteiger charge is -2.23. The van der Waals surface area contributed by atoms with Crippen molar-refractivity contribution in [3.63, 3.8) is 0 Å². The van der Waals surface area contributed by atoms with Gasteiger partial charge in [-0.15, -0.1) is 0 Å². The molecule has 25 heavy (non-hydrogen) atoms. The van der Waals surface area contributed by atoms with E-state index >= 15 is 0 Å². The third-order valence-electron chi connectivity index (χ3n) is 2.93. The van der Waals surface area contributed by atoms with E-state index in [-0.39, 0.29) is 13.2 Å². The van der Waals surface area contributed by atoms with E-state index in [1.165, 1.54) is 11.8 Å². The molecule has 0 aliphatic rings. The first-order valence-electron chi connectivity index (χ1n) is 8.20. The van der Waals surface area contributed by atoms with Crippen molar-refractivity contribution in [2.45, 2.75) is 45.4 Å². The molecule has 0 heterocycles. The van der Waals surface area contributed by atoms with Crippen molar-refractivity contribution in [2.75, 3.05) is 18.1 Å². The average molecular weight is 369 g/mol. The topological polar surface area (TPSA) is 84.9 Å². The van der Waals surface area contributed by atoms with Crippen LogP contribution in [0.1, 0.15) is 32.8 Å². The number of carbonyl (C=O) groups is 2. The molecule has 1 rings (SSSR count). The van der Waals surface area contributed by atoms with Gasteiger partial charge in [0.15, 0.2) is 0 Å². The van der Waals surface area contributed by atoms with Crippen molar-refractivity contribution in [3.05, 3.63) is 35.9 Å². The Morgan fingerprint density at radius 3 is 2.52 bits per heavy atom. The van der Waals surface area contributed by atoms with Crippen LogP contribution in [0.4, 0.5) is 4.79 Å². The van der Waals surface area contributed by atoms with Crippen LogP contribution < -0.4 is 5.32 Å². The smallest absolute Gasteiger partial charge is 0.408 e. The van der Waals surface area contributed by atoms with Gasteiger partial charge in [0.1, 0.15) is 18.2 Å². The van der Waals surface area contributed by atoms with Crippen molar-refractivity contribution in [3.8, 4) is 0 Å². The number of thioether (sulfide) groups is 1. The van der Waals surface area contributed by atoms with Crippen LogP contribution in [0.25, 0.3) is 0 Å². The van der Waals surface area contributed by atoms with Crippen LogP contribution in [0.3, 0.4) is 0 Å². The molecule has 6 nitrogen and oxygen atoms in total. The van der Waals surface area contributed by atoms with Crippen molar-refractivity contribution >= 4 is 23.8 Å². The third-order valence-corrected chi connectivity index (χ3v) is 4.08. The summed E-state index contributed by atoms with van der Waals surface area (Å²) in [6, 6.07) is 8.53. The minimum absolute atomic E-state index is 0.0929. The summed E-state index contributed by atoms with van der Waals surface area (Å²) < 4.78 is 10.5. The Kier molecular flexibility index (Phi) is 9.37. The Morgan fingerprint density at radius 1 is 1.24 bits per heavy atom. The Labute approximate surface area is 153 Å². The first-order chi connectivity index (χ1) is 11.8. The molecule has 0 aromatic heterocycles. The van der Waals surface area contributed by atoms with E-state index in [2.05, 4.69) is 5.32 Å². The maximum absolute atomic E-state index is 12.3. The molecule has 0 unspecified atom stereocenters. The number of esters is 1. The summed E-state index contributed by atoms with van der Waals surface area (Å²) in [5.74, 6) is 0.535. The van der Waals surface area contributed by atoms with Gasteiger partial charge in [-0.25, -0.2) is 9.59 Å². The molecule has 1 aromatic carbocycles. The van der Waals surface area contributed by atoms with Gasteiger partial charge in [0.05, 0.1) is 0 Å². The molecule has 0 aliphatic heterocycles. The molecule has 140 valence electrons. The highest BCUT2D eigenvalue weighted by Crippen LogP contribution is 2.11. The number of alkyl carbamates (subject to hydrolysis) is 1. The Morgan fingerprint density at radius 2 is 1.92 bits per heavy atom. The largest absolute Gasteiger partial charge is 0.459 e. The molecule has 0 radical (unpaired) electrons. The van der Waals surface area contributed by atoms with Crippen molar-refractivity contribution in [1.29, 1.82) is 0 Å². The van der Waals surface area contributed by atoms with Gasteiger partial charge in [-0.2, -0.15) is 11.8 Å². The lowest BCUT2D eigenvalue weighted by molar-refractivity contribution is -0.146. The molecular formula is C18H27NO5S. The number of carbonyl (C=O) groups excluding carboxylic acids is 2. The zero-order chi connectivity index (χ0) is 18.7. The lowest BCUT2D eigenvalue weighted by atomic mass is 10.2. The SMILES string of the molecule is CC(C)(C)OC(=O)N[C@@H](CSCCCO)C(=O)OCc1ccccc1. The van der Waals surface area contributed by atoms with E-state index < -0.39 is 23.7 Å². The second-order valence-corrected chi connectivity index (χ2v) is 7.59. The van der Waals surface area contributed by atoms with E-state index in [1.807, 2.05) is 30.3 Å². The number of ether oxygens (including phenoxy) is 2. The monoisotopic (exact) mass is 369 g/mol. The summed E-state index contributed by atoms with van der Waals surface area (Å²) >= 11 is 1.46. The quantitative estimate of drug-likeness (QED) is 0.514. The Balaban J connectivity index is 2.58. The molecule has 0 aliphatic carbocycles. The highest BCUT2D eigenvalue weighted by molar-refractivity contribution is 7.99. The van der Waals surface area contributed by atoms with Crippen LogP contribution in [-0.4, -0.2) is 46.9 Å². The highest BCUT2D eigenvalue weighted by Gasteiger charge is 2.25. The molecule has 0 saturated heterocycles. The summed E-state index contributed by atoms with van der Waals surface area (Å²) in [6.45, 7) is 5.50. The summed E-state index contributed by atoms with van der Waals surface area (Å²) in [4.78, 5) is 24.3. The van der Waals surface area contributed by atoms with E-state index in [1.54, 1.807) is 20.8 Å². The third kappa shape index (κ3) is 9.99. The number of aliphatic hydroxyl groups is 1. The van der Waals surface area contributed by atoms with Gasteiger partial charge in [0.2, 0.25) is 0 Å². The zero-order valence-corrected chi connectivity index (χ0v) is 15.8. The number of rotatable bonds is 9. The van der Waals surface area contributed by atoms with Gasteiger partial charge in [-0.3, -0.25) is 0 Å². The molecule has 0 bridgehead atoms. The van der Waals surface area contributed by atoms with Crippen LogP contribution in [0.5, 0.6) is 0 Å². The fourth-order valence-electron chi connectivity index (χ4n) is 1.82. The minimum Gasteiger partial charge on any atom is -0.459 e. The number of amides is 1. The number of hydrogen-bond donors (Lipinski definition) is 2. The maximum Gasteiger partial charge on any atom is 0.408 e. The molecule has 1 aromatic rings. The maximum atomic E-state index is 12.3. The standard InChI is InChI=1S/C18H27NO5S/c1-18(2,3)24-17(22)19-15(13-25-11-7-10-20)16(21)23-12-14-8-5-4-6-9-14/h4-6,8-9,15,20H,7,10-13H2,1-3H3,(H,19,22)/t15-/m0/s1. The van der Waals surface area contributed by atoms with Crippen LogP contribution >= 0.6 is 11.8 Å². The molecule has 0 fully saturated rings. The normalized spacial score (nSPS) is 12.3. The summed E-state index contributed by atoms with van der Waals surface area (Å²) in [7, 11) is 0. The van der Waals surface area contributed by atoms with Crippen molar-refractivity contribution in [2.24, 2.45) is 0 Å². The predicted octanol–water partition coefficient (Wildman–Crippen LogP) is 2.74. The van der Waals surface area contributed by atoms with Gasteiger partial charge >= 0.3 is 12.1 Å². The molecule has 0 spiro atoms. The van der Waals surface area contributed by atoms with Crippen LogP contribution in [0.2, 0.25) is 0 Å². The summed E-state index contributed by atoms with van der Waals surface area (Å²) in [5.41, 5.74) is 0.229. The van der Waals surface area contributed by atoms with E-state index in [4.69, 9.17) is 14.6 Å². The average Bonchev–Trinajstić information content (AvgIpc) is 2.54. The van der Waals surface area contributed by atoms with E-state index in [0.717, 1.165) is 5.56 Å². The van der Waals surface area contributed by atoms with Crippen molar-refractivity contribution < 1.29 is 24.2 Å². The number of benzene rings is 1. The van der Waals surface area contributed by atoms with E-state index in [0.29, 0.717) is 17.9 Å². The summed E-state index contributed by atoms with van der Waals surface area (Å²) in [6.07, 6.45) is -0.0278. The van der Waals surface area contributed by atoms with E-state index in [9.17, 15) is 9.59 Å². The fraction of sp³-hybridized carbons (Fsp3) is 0.556. The minimum atomic E-state index is -0.803. The Bertz CT molecular complexity index is 530. The van der Waals surface area contributed by atoms with Gasteiger partial charge < -0.3 is 19.9 Å². The first-order valence-corrected chi connectivity index (χ1v) is 9.36. The lowest BCUT2D eigenvalue weighted by Crippen LogP contribution is -2.45. The van der Waals surface area contributed by atoms with Crippen LogP contribution in [-0.2, 0) is 20.9 Å². The van der Waals surface area contributed by atoms with Crippen LogP contribution in [0.15, 0.2) is 30.3 Å². The molecule has 7 heteroatoms. The molecule has 0 saturated carbocycles. The van der Waals surface area contributed by atoms with Crippen molar-refractivity contribution in [1.82, 2.24) is 5.32 Å². The molecule has 1 amide bonds. The van der Waals surface area contributed by atoms with Gasteiger partial charge in [0.25, 0.3) is 0 Å². The highest BCUT2D eigenvalue weighted by atomic mass is 32.2. The number of nitrogens with one attached hydrogen (secondary N) is 1. The predicted molar refractivity (Wildman–Crippen MR) is 98.4 cm³/mol. The number of aliphatic hydroxyl groups excluding tert-OH is 1. The zero-order valence-electron chi connectivity index (χ0n) is 15.0. The molecular weight excluding hydrogens is 342 g/mol. The van der Waals surface area contributed by atoms with Gasteiger partial charge in [-0.1, -0.05) is 30.3 Å². The van der Waals surface area contributed by atoms with Gasteiger partial charge in [-0.05, 0) is 38.5 Å².